The summed E-state index contributed by atoms with van der Waals surface area (Å²) >= 11 is 0. The van der Waals surface area contributed by atoms with Crippen LogP contribution in [0.1, 0.15) is 64.5 Å². The lowest BCUT2D eigenvalue weighted by Gasteiger charge is -2.35. The van der Waals surface area contributed by atoms with E-state index in [9.17, 15) is 14.7 Å². The zero-order valence-corrected chi connectivity index (χ0v) is 20.3. The van der Waals surface area contributed by atoms with Crippen molar-refractivity contribution in [2.75, 3.05) is 26.7 Å². The maximum absolute atomic E-state index is 12.9. The first-order chi connectivity index (χ1) is 15.9. The Labute approximate surface area is 196 Å². The number of aliphatic hydroxyl groups excluding tert-OH is 1. The van der Waals surface area contributed by atoms with E-state index in [2.05, 4.69) is 15.6 Å². The molecule has 10 heteroatoms. The van der Waals surface area contributed by atoms with Crippen molar-refractivity contribution in [3.05, 3.63) is 11.9 Å². The number of carbonyl (C=O) groups is 2. The first kappa shape index (κ1) is 25.4. The van der Waals surface area contributed by atoms with E-state index in [0.717, 1.165) is 31.4 Å². The monoisotopic (exact) mass is 464 g/mol. The van der Waals surface area contributed by atoms with Crippen LogP contribution < -0.4 is 5.32 Å². The summed E-state index contributed by atoms with van der Waals surface area (Å²) in [6.07, 6.45) is 8.18. The molecule has 1 aromatic heterocycles. The topological polar surface area (TPSA) is 113 Å². The van der Waals surface area contributed by atoms with Crippen LogP contribution in [0.15, 0.2) is 6.20 Å². The van der Waals surface area contributed by atoms with Gasteiger partial charge in [0.15, 0.2) is 0 Å². The predicted octanol–water partition coefficient (Wildman–Crippen LogP) is 1.78. The number of aryl methyl sites for hydroxylation is 1. The molecule has 3 atom stereocenters. The summed E-state index contributed by atoms with van der Waals surface area (Å²) in [5, 5.41) is 21.2. The van der Waals surface area contributed by atoms with Crippen LogP contribution >= 0.6 is 0 Å². The molecule has 1 aliphatic heterocycles. The Hall–Kier alpha value is -2.20. The van der Waals surface area contributed by atoms with Crippen LogP contribution in [0.5, 0.6) is 0 Å². The number of hydrogen-bond donors (Lipinski definition) is 2. The van der Waals surface area contributed by atoms with Gasteiger partial charge in [-0.3, -0.25) is 9.48 Å². The summed E-state index contributed by atoms with van der Waals surface area (Å²) in [5.74, 6) is -0.0474. The maximum atomic E-state index is 12.9. The van der Waals surface area contributed by atoms with Gasteiger partial charge in [-0.25, -0.2) is 4.79 Å². The number of aliphatic hydroxyl groups is 1. The molecule has 0 unspecified atom stereocenters. The van der Waals surface area contributed by atoms with Crippen molar-refractivity contribution in [1.82, 2.24) is 30.1 Å². The molecule has 33 heavy (non-hydrogen) atoms. The molecule has 0 radical (unpaired) electrons. The summed E-state index contributed by atoms with van der Waals surface area (Å²) in [5.41, 5.74) is 0.729. The fourth-order valence-corrected chi connectivity index (χ4v) is 4.58. The number of urea groups is 1. The SMILES string of the molecule is C[C@H](CO)N1C[C@H](C)[C@@H](CN(C)C(=O)NC2CCCCC2)OCc2cn(nn2)CCCC1=O. The van der Waals surface area contributed by atoms with E-state index in [-0.39, 0.29) is 49.3 Å². The number of ether oxygens (including phenoxy) is 1. The fourth-order valence-electron chi connectivity index (χ4n) is 4.58. The third-order valence-electron chi connectivity index (χ3n) is 6.78. The molecular formula is C23H40N6O4. The Kier molecular flexibility index (Phi) is 9.49. The standard InChI is InChI=1S/C23H40N6O4/c1-17-12-29(18(2)15-30)22(31)10-7-11-28-13-20(25-26-28)16-33-21(17)14-27(3)23(32)24-19-8-5-4-6-9-19/h13,17-19,21,30H,4-12,14-16H2,1-3H3,(H,24,32)/t17-,18+,21+/m0/s1. The molecule has 1 aromatic rings. The van der Waals surface area contributed by atoms with Gasteiger partial charge in [0.05, 0.1) is 31.6 Å². The summed E-state index contributed by atoms with van der Waals surface area (Å²) in [6, 6.07) is -0.140. The molecule has 1 aliphatic carbocycles. The van der Waals surface area contributed by atoms with E-state index in [4.69, 9.17) is 4.74 Å². The molecule has 186 valence electrons. The lowest BCUT2D eigenvalue weighted by Crippen LogP contribution is -2.50. The average molecular weight is 465 g/mol. The molecule has 3 amide bonds. The average Bonchev–Trinajstić information content (AvgIpc) is 3.27. The molecule has 1 fully saturated rings. The van der Waals surface area contributed by atoms with Gasteiger partial charge in [0.25, 0.3) is 0 Å². The van der Waals surface area contributed by atoms with Crippen LogP contribution in [0.4, 0.5) is 4.79 Å². The highest BCUT2D eigenvalue weighted by Crippen LogP contribution is 2.19. The fraction of sp³-hybridized carbons (Fsp3) is 0.826. The number of hydrogen-bond acceptors (Lipinski definition) is 6. The van der Waals surface area contributed by atoms with Gasteiger partial charge in [0.2, 0.25) is 5.91 Å². The van der Waals surface area contributed by atoms with E-state index in [1.54, 1.807) is 21.5 Å². The first-order valence-corrected chi connectivity index (χ1v) is 12.3. The second-order valence-corrected chi connectivity index (χ2v) is 9.65. The Balaban J connectivity index is 1.71. The van der Waals surface area contributed by atoms with Crippen LogP contribution in [0.3, 0.4) is 0 Å². The normalized spacial score (nSPS) is 24.4. The van der Waals surface area contributed by atoms with Gasteiger partial charge in [-0.1, -0.05) is 31.4 Å². The van der Waals surface area contributed by atoms with Crippen LogP contribution in [-0.4, -0.2) is 86.8 Å². The Morgan fingerprint density at radius 3 is 2.82 bits per heavy atom. The zero-order valence-electron chi connectivity index (χ0n) is 20.3. The van der Waals surface area contributed by atoms with Gasteiger partial charge >= 0.3 is 6.03 Å². The van der Waals surface area contributed by atoms with Gasteiger partial charge in [-0.2, -0.15) is 0 Å². The molecule has 0 saturated heterocycles. The quantitative estimate of drug-likeness (QED) is 0.687. The van der Waals surface area contributed by atoms with E-state index in [1.165, 1.54) is 6.42 Å². The Bertz CT molecular complexity index is 766. The second-order valence-electron chi connectivity index (χ2n) is 9.65. The van der Waals surface area contributed by atoms with Crippen molar-refractivity contribution in [2.24, 2.45) is 5.92 Å². The molecule has 0 spiro atoms. The smallest absolute Gasteiger partial charge is 0.317 e. The minimum absolute atomic E-state index is 0.00475. The van der Waals surface area contributed by atoms with E-state index in [0.29, 0.717) is 32.5 Å². The van der Waals surface area contributed by atoms with Crippen molar-refractivity contribution in [3.8, 4) is 0 Å². The van der Waals surface area contributed by atoms with Gasteiger partial charge in [-0.15, -0.1) is 5.10 Å². The summed E-state index contributed by atoms with van der Waals surface area (Å²) in [7, 11) is 1.78. The van der Waals surface area contributed by atoms with Crippen LogP contribution in [0.25, 0.3) is 0 Å². The number of nitrogens with one attached hydrogen (secondary N) is 1. The number of nitrogens with zero attached hydrogens (tertiary/aromatic N) is 5. The van der Waals surface area contributed by atoms with E-state index < -0.39 is 0 Å². The molecule has 2 heterocycles. The molecule has 3 rings (SSSR count). The lowest BCUT2D eigenvalue weighted by molar-refractivity contribution is -0.136. The predicted molar refractivity (Wildman–Crippen MR) is 123 cm³/mol. The van der Waals surface area contributed by atoms with Crippen molar-refractivity contribution in [3.63, 3.8) is 0 Å². The largest absolute Gasteiger partial charge is 0.394 e. The molecule has 2 bridgehead atoms. The third-order valence-corrected chi connectivity index (χ3v) is 6.78. The molecule has 1 saturated carbocycles. The maximum Gasteiger partial charge on any atom is 0.317 e. The number of likely N-dealkylation sites (N-methyl/N-ethyl adjacent to an activating group) is 1. The second kappa shape index (κ2) is 12.3. The Morgan fingerprint density at radius 1 is 1.33 bits per heavy atom. The minimum atomic E-state index is -0.306. The summed E-state index contributed by atoms with van der Waals surface area (Å²) in [6.45, 7) is 5.51. The van der Waals surface area contributed by atoms with Crippen LogP contribution in [-0.2, 0) is 22.7 Å². The summed E-state index contributed by atoms with van der Waals surface area (Å²) in [4.78, 5) is 29.2. The molecule has 2 N–H and O–H groups in total. The van der Waals surface area contributed by atoms with Crippen molar-refractivity contribution in [2.45, 2.75) is 90.1 Å². The van der Waals surface area contributed by atoms with Crippen LogP contribution in [0.2, 0.25) is 0 Å². The molecule has 0 aromatic carbocycles. The van der Waals surface area contributed by atoms with Crippen molar-refractivity contribution < 1.29 is 19.4 Å². The first-order valence-electron chi connectivity index (χ1n) is 12.3. The van der Waals surface area contributed by atoms with Gasteiger partial charge in [-0.05, 0) is 26.2 Å². The highest BCUT2D eigenvalue weighted by atomic mass is 16.5. The highest BCUT2D eigenvalue weighted by molar-refractivity contribution is 5.76. The van der Waals surface area contributed by atoms with Crippen molar-refractivity contribution in [1.29, 1.82) is 0 Å². The molecular weight excluding hydrogens is 424 g/mol. The summed E-state index contributed by atoms with van der Waals surface area (Å²) < 4.78 is 7.96. The number of rotatable bonds is 5. The molecule has 2 aliphatic rings. The van der Waals surface area contributed by atoms with Crippen LogP contribution in [0, 0.1) is 5.92 Å². The number of aromatic nitrogens is 3. The Morgan fingerprint density at radius 2 is 2.09 bits per heavy atom. The highest BCUT2D eigenvalue weighted by Gasteiger charge is 2.29. The third kappa shape index (κ3) is 7.40. The lowest BCUT2D eigenvalue weighted by atomic mass is 9.96. The minimum Gasteiger partial charge on any atom is -0.394 e. The van der Waals surface area contributed by atoms with E-state index >= 15 is 0 Å². The number of carbonyl (C=O) groups excluding carboxylic acids is 2. The zero-order chi connectivity index (χ0) is 23.8. The van der Waals surface area contributed by atoms with E-state index in [1.807, 2.05) is 20.0 Å². The van der Waals surface area contributed by atoms with Gasteiger partial charge in [0.1, 0.15) is 5.69 Å². The van der Waals surface area contributed by atoms with Gasteiger partial charge < -0.3 is 25.0 Å². The number of amides is 3. The van der Waals surface area contributed by atoms with Gasteiger partial charge in [0, 0.05) is 45.1 Å². The van der Waals surface area contributed by atoms with Crippen molar-refractivity contribution >= 4 is 11.9 Å². The molecule has 10 nitrogen and oxygen atoms in total. The number of fused-ring (bicyclic) bond motifs is 2.